The third-order valence-electron chi connectivity index (χ3n) is 15.6. The molecule has 57 heavy (non-hydrogen) atoms. The molecule has 0 aromatic heterocycles. The predicted molar refractivity (Wildman–Crippen MR) is 248 cm³/mol. The van der Waals surface area contributed by atoms with Crippen molar-refractivity contribution in [1.29, 1.82) is 0 Å². The van der Waals surface area contributed by atoms with Crippen LogP contribution < -0.4 is 5.32 Å². The summed E-state index contributed by atoms with van der Waals surface area (Å²) in [5.41, 5.74) is 4.43. The lowest BCUT2D eigenvalue weighted by atomic mass is 9.36. The Labute approximate surface area is 355 Å². The molecular weight excluding hydrogens is 724 g/mol. The molecule has 0 aromatic carbocycles. The van der Waals surface area contributed by atoms with Crippen LogP contribution >= 0.6 is 11.8 Å². The highest BCUT2D eigenvalue weighted by Crippen LogP contribution is 2.73. The smallest absolute Gasteiger partial charge is 0.303 e. The van der Waals surface area contributed by atoms with Crippen molar-refractivity contribution in [2.75, 3.05) is 44.9 Å². The number of carboxylic acid groups (broad SMARTS) is 1. The van der Waals surface area contributed by atoms with E-state index >= 15 is 0 Å². The number of carbonyl (C=O) groups is 1. The molecule has 4 unspecified atom stereocenters. The summed E-state index contributed by atoms with van der Waals surface area (Å²) in [6, 6.07) is 0. The molecule has 0 bridgehead atoms. The van der Waals surface area contributed by atoms with Crippen LogP contribution in [0.1, 0.15) is 139 Å². The van der Waals surface area contributed by atoms with Gasteiger partial charge >= 0.3 is 5.97 Å². The fraction of sp³-hybridized carbons (Fsp3) is 0.745. The minimum atomic E-state index is -0.679. The van der Waals surface area contributed by atoms with E-state index in [1.165, 1.54) is 106 Å². The number of nitrogens with zero attached hydrogens (tertiary/aromatic N) is 1. The molecule has 1 aliphatic heterocycles. The Balaban J connectivity index is 0.00000135. The summed E-state index contributed by atoms with van der Waals surface area (Å²) >= 11 is 2.12. The Morgan fingerprint density at radius 2 is 1.54 bits per heavy atom. The molecule has 5 aliphatic carbocycles. The molecule has 6 aliphatic rings. The van der Waals surface area contributed by atoms with Crippen LogP contribution in [0.3, 0.4) is 0 Å². The van der Waals surface area contributed by atoms with Gasteiger partial charge in [-0.05, 0) is 154 Å². The van der Waals surface area contributed by atoms with E-state index < -0.39 is 5.97 Å². The number of fused-ring (bicyclic) bond motifs is 7. The molecule has 0 spiro atoms. The second kappa shape index (κ2) is 24.0. The number of aliphatic carboxylic acids is 1. The number of alkyl halides is 1. The first kappa shape index (κ1) is 52.6. The number of rotatable bonds is 10. The van der Waals surface area contributed by atoms with Crippen LogP contribution in [-0.4, -0.2) is 66.4 Å². The number of hydrogen-bond donors (Lipinski definition) is 2. The number of nitrogens with one attached hydrogen (secondary N) is 1. The number of hydrogen-bond acceptors (Lipinski definition) is 4. The zero-order valence-corrected chi connectivity index (χ0v) is 38.6. The second-order valence-corrected chi connectivity index (χ2v) is 20.1. The van der Waals surface area contributed by atoms with Gasteiger partial charge in [0.1, 0.15) is 0 Å². The highest BCUT2D eigenvalue weighted by Gasteiger charge is 2.65. The molecule has 4 nitrogen and oxygen atoms in total. The Morgan fingerprint density at radius 1 is 0.930 bits per heavy atom. The Bertz CT molecular complexity index is 1360. The van der Waals surface area contributed by atoms with Gasteiger partial charge in [0.15, 0.2) is 0 Å². The van der Waals surface area contributed by atoms with Gasteiger partial charge in [0.25, 0.3) is 0 Å². The third kappa shape index (κ3) is 11.4. The summed E-state index contributed by atoms with van der Waals surface area (Å²) in [6.07, 6.45) is 46.6. The quantitative estimate of drug-likeness (QED) is 0.170. The van der Waals surface area contributed by atoms with Crippen LogP contribution in [0.25, 0.3) is 0 Å². The maximum Gasteiger partial charge on any atom is 0.303 e. The van der Waals surface area contributed by atoms with Crippen molar-refractivity contribution in [1.82, 2.24) is 10.2 Å². The average Bonchev–Trinajstić information content (AvgIpc) is 3.64. The van der Waals surface area contributed by atoms with Gasteiger partial charge in [-0.1, -0.05) is 59.3 Å². The Hall–Kier alpha value is -2.43. The SMILES string of the molecule is C#C.C#C.C#C.C=CC.CC/C=C(\CCC(=O)O)C1=CC[C@@]2(C)C(CC[C@@]3(C)C4CC[C@@]5(CNCC(C)(C)N6CCSCC6)CCCC5[C@H]4CCC32)C1(C)C.CF. The fourth-order valence-electron chi connectivity index (χ4n) is 13.5. The zero-order chi connectivity index (χ0) is 43.7. The van der Waals surface area contributed by atoms with E-state index in [9.17, 15) is 14.3 Å². The topological polar surface area (TPSA) is 52.6 Å². The van der Waals surface area contributed by atoms with Gasteiger partial charge in [0, 0.05) is 49.6 Å². The molecule has 0 aromatic rings. The largest absolute Gasteiger partial charge is 0.481 e. The number of allylic oxidation sites excluding steroid dienone is 5. The second-order valence-electron chi connectivity index (χ2n) is 18.9. The molecule has 0 radical (unpaired) electrons. The minimum absolute atomic E-state index is 0.0876. The summed E-state index contributed by atoms with van der Waals surface area (Å²) in [6.45, 7) is 27.7. The molecule has 6 heteroatoms. The molecule has 4 saturated carbocycles. The molecular formula is C51H83FN2O2S. The molecule has 0 amide bonds. The first-order chi connectivity index (χ1) is 27.2. The van der Waals surface area contributed by atoms with E-state index in [-0.39, 0.29) is 17.4 Å². The van der Waals surface area contributed by atoms with Gasteiger partial charge < -0.3 is 10.4 Å². The predicted octanol–water partition coefficient (Wildman–Crippen LogP) is 12.1. The van der Waals surface area contributed by atoms with E-state index in [1.807, 2.05) is 6.92 Å². The lowest BCUT2D eigenvalue weighted by molar-refractivity contribution is -0.180. The summed E-state index contributed by atoms with van der Waals surface area (Å²) in [7, 11) is 0.500. The van der Waals surface area contributed by atoms with Crippen molar-refractivity contribution >= 4 is 17.7 Å². The van der Waals surface area contributed by atoms with Crippen LogP contribution in [0.4, 0.5) is 4.39 Å². The summed E-state index contributed by atoms with van der Waals surface area (Å²) in [5.74, 6) is 6.09. The summed E-state index contributed by atoms with van der Waals surface area (Å²) < 4.78 is 9.50. The first-order valence-electron chi connectivity index (χ1n) is 21.8. The molecule has 5 fully saturated rings. The van der Waals surface area contributed by atoms with Gasteiger partial charge in [0.2, 0.25) is 0 Å². The fourth-order valence-corrected chi connectivity index (χ4v) is 14.5. The van der Waals surface area contributed by atoms with Gasteiger partial charge in [-0.15, -0.1) is 45.1 Å². The van der Waals surface area contributed by atoms with Gasteiger partial charge in [0.05, 0.1) is 7.18 Å². The molecule has 6 rings (SSSR count). The standard InChI is InChI=1S/C41H68N2O2S.C3H6.3C2H2.CH3F/c1-8-10-29(12-15-36(44)45)31-16-20-40(7)34(38(31,4)5)18-21-39(6)32-17-22-41(19-9-11-33(41)30(32)13-14-35(39)40)28-42-27-37(2,3)43-23-25-46-26-24-43;1-3-2;4*1-2/h10,16,30,32-35,42H,8-9,11-15,17-28H2,1-7H3,(H,44,45);3H,1H2,2H3;3*1-2H;1H3/b29-10+;;;;;/t30-,32?,33?,34?,35?,39-,40-,41+;;;;;/m0...../s1. The van der Waals surface area contributed by atoms with Crippen molar-refractivity contribution in [2.45, 2.75) is 144 Å². The first-order valence-corrected chi connectivity index (χ1v) is 23.0. The number of carboxylic acids is 1. The van der Waals surface area contributed by atoms with Crippen molar-refractivity contribution in [2.24, 2.45) is 51.2 Å². The minimum Gasteiger partial charge on any atom is -0.481 e. The number of thioether (sulfide) groups is 1. The third-order valence-corrected chi connectivity index (χ3v) is 16.5. The van der Waals surface area contributed by atoms with Crippen LogP contribution in [0.15, 0.2) is 36.0 Å². The van der Waals surface area contributed by atoms with E-state index in [1.54, 1.807) is 6.08 Å². The maximum absolute atomic E-state index is 11.5. The van der Waals surface area contributed by atoms with E-state index in [0.717, 1.165) is 36.6 Å². The van der Waals surface area contributed by atoms with E-state index in [0.29, 0.717) is 35.8 Å². The van der Waals surface area contributed by atoms with Crippen LogP contribution in [-0.2, 0) is 4.79 Å². The summed E-state index contributed by atoms with van der Waals surface area (Å²) in [4.78, 5) is 14.3. The van der Waals surface area contributed by atoms with Crippen molar-refractivity contribution < 1.29 is 14.3 Å². The molecule has 1 saturated heterocycles. The van der Waals surface area contributed by atoms with Gasteiger partial charge in [-0.25, -0.2) is 0 Å². The maximum atomic E-state index is 11.5. The molecule has 2 N–H and O–H groups in total. The Kier molecular flexibility index (Phi) is 22.1. The van der Waals surface area contributed by atoms with Crippen molar-refractivity contribution in [3.05, 3.63) is 36.0 Å². The normalized spacial score (nSPS) is 33.6. The number of halogens is 1. The van der Waals surface area contributed by atoms with Crippen LogP contribution in [0.5, 0.6) is 0 Å². The average molecular weight is 807 g/mol. The number of terminal acetylenes is 3. The van der Waals surface area contributed by atoms with E-state index in [4.69, 9.17) is 0 Å². The lowest BCUT2D eigenvalue weighted by Gasteiger charge is -2.68. The highest BCUT2D eigenvalue weighted by atomic mass is 32.2. The lowest BCUT2D eigenvalue weighted by Crippen LogP contribution is -2.61. The van der Waals surface area contributed by atoms with Crippen LogP contribution in [0.2, 0.25) is 0 Å². The van der Waals surface area contributed by atoms with Crippen molar-refractivity contribution in [3.8, 4) is 38.5 Å². The molecule has 8 atom stereocenters. The highest BCUT2D eigenvalue weighted by molar-refractivity contribution is 7.99. The monoisotopic (exact) mass is 807 g/mol. The van der Waals surface area contributed by atoms with Crippen LogP contribution in [0, 0.1) is 89.8 Å². The molecule has 1 heterocycles. The van der Waals surface area contributed by atoms with Gasteiger partial charge in [-0.3, -0.25) is 14.1 Å². The van der Waals surface area contributed by atoms with Gasteiger partial charge in [-0.2, -0.15) is 11.8 Å². The molecule has 322 valence electrons. The van der Waals surface area contributed by atoms with Crippen molar-refractivity contribution in [3.63, 3.8) is 0 Å². The van der Waals surface area contributed by atoms with E-state index in [2.05, 4.69) is 128 Å². The Morgan fingerprint density at radius 3 is 2.12 bits per heavy atom. The zero-order valence-electron chi connectivity index (χ0n) is 37.8. The summed E-state index contributed by atoms with van der Waals surface area (Å²) in [5, 5.41) is 13.6.